The molecule has 0 aliphatic heterocycles. The molecule has 16 heavy (non-hydrogen) atoms. The molecule has 2 aromatic heterocycles. The normalized spacial score (nSPS) is 12.6. The van der Waals surface area contributed by atoms with E-state index >= 15 is 0 Å². The van der Waals surface area contributed by atoms with Crippen LogP contribution in [0.15, 0.2) is 30.6 Å². The third-order valence-electron chi connectivity index (χ3n) is 2.23. The lowest BCUT2D eigenvalue weighted by atomic mass is 10.1. The predicted octanol–water partition coefficient (Wildman–Crippen LogP) is 2.89. The minimum Gasteiger partial charge on any atom is -0.306 e. The standard InChI is InChI=1S/C11H12ClN3S/c1-2-13-11(8-5-6-14-15-7-8)9-3-4-10(12)16-9/h3-7,11,13H,2H2,1H3. The maximum atomic E-state index is 5.95. The van der Waals surface area contributed by atoms with Gasteiger partial charge in [-0.05, 0) is 30.3 Å². The van der Waals surface area contributed by atoms with Crippen molar-refractivity contribution < 1.29 is 0 Å². The fourth-order valence-corrected chi connectivity index (χ4v) is 2.71. The second kappa shape index (κ2) is 5.39. The van der Waals surface area contributed by atoms with Crippen LogP contribution in [0.1, 0.15) is 23.4 Å². The van der Waals surface area contributed by atoms with Crippen molar-refractivity contribution in [2.75, 3.05) is 6.54 Å². The number of thiophene rings is 1. The zero-order valence-corrected chi connectivity index (χ0v) is 10.4. The lowest BCUT2D eigenvalue weighted by Crippen LogP contribution is -2.21. The summed E-state index contributed by atoms with van der Waals surface area (Å²) >= 11 is 7.54. The van der Waals surface area contributed by atoms with Crippen molar-refractivity contribution in [3.05, 3.63) is 45.4 Å². The van der Waals surface area contributed by atoms with Crippen LogP contribution in [0, 0.1) is 0 Å². The van der Waals surface area contributed by atoms with Gasteiger partial charge in [-0.3, -0.25) is 0 Å². The van der Waals surface area contributed by atoms with Crippen molar-refractivity contribution in [3.8, 4) is 0 Å². The lowest BCUT2D eigenvalue weighted by molar-refractivity contribution is 0.635. The van der Waals surface area contributed by atoms with Crippen LogP contribution in [0.5, 0.6) is 0 Å². The molecule has 1 atom stereocenters. The van der Waals surface area contributed by atoms with E-state index in [0.717, 1.165) is 16.4 Å². The van der Waals surface area contributed by atoms with Crippen LogP contribution in [-0.2, 0) is 0 Å². The van der Waals surface area contributed by atoms with Gasteiger partial charge in [-0.15, -0.1) is 11.3 Å². The molecule has 0 fully saturated rings. The molecule has 5 heteroatoms. The zero-order chi connectivity index (χ0) is 11.4. The summed E-state index contributed by atoms with van der Waals surface area (Å²) in [5, 5.41) is 11.1. The highest BCUT2D eigenvalue weighted by Crippen LogP contribution is 2.30. The molecular formula is C11H12ClN3S. The average Bonchev–Trinajstić information content (AvgIpc) is 2.74. The van der Waals surface area contributed by atoms with Crippen LogP contribution in [0.2, 0.25) is 4.34 Å². The highest BCUT2D eigenvalue weighted by molar-refractivity contribution is 7.16. The topological polar surface area (TPSA) is 37.8 Å². The average molecular weight is 254 g/mol. The summed E-state index contributed by atoms with van der Waals surface area (Å²) in [5.41, 5.74) is 1.11. The number of halogens is 1. The quantitative estimate of drug-likeness (QED) is 0.911. The molecule has 1 unspecified atom stereocenters. The Morgan fingerprint density at radius 2 is 2.25 bits per heavy atom. The molecule has 0 saturated carbocycles. The Kier molecular flexibility index (Phi) is 3.88. The lowest BCUT2D eigenvalue weighted by Gasteiger charge is -2.15. The smallest absolute Gasteiger partial charge is 0.0931 e. The Labute approximate surface area is 103 Å². The molecule has 1 N–H and O–H groups in total. The second-order valence-electron chi connectivity index (χ2n) is 3.31. The highest BCUT2D eigenvalue weighted by Gasteiger charge is 2.14. The van der Waals surface area contributed by atoms with E-state index in [0.29, 0.717) is 0 Å². The maximum Gasteiger partial charge on any atom is 0.0931 e. The van der Waals surface area contributed by atoms with E-state index in [-0.39, 0.29) is 6.04 Å². The summed E-state index contributed by atoms with van der Waals surface area (Å²) in [4.78, 5) is 1.19. The van der Waals surface area contributed by atoms with Crippen LogP contribution in [0.25, 0.3) is 0 Å². The molecule has 0 saturated heterocycles. The van der Waals surface area contributed by atoms with Crippen LogP contribution in [-0.4, -0.2) is 16.7 Å². The van der Waals surface area contributed by atoms with Crippen LogP contribution in [0.4, 0.5) is 0 Å². The molecule has 2 rings (SSSR count). The fraction of sp³-hybridized carbons (Fsp3) is 0.273. The van der Waals surface area contributed by atoms with Crippen LogP contribution in [0.3, 0.4) is 0 Å². The minimum atomic E-state index is 0.151. The van der Waals surface area contributed by atoms with Crippen LogP contribution >= 0.6 is 22.9 Å². The van der Waals surface area contributed by atoms with E-state index in [1.165, 1.54) is 4.88 Å². The van der Waals surface area contributed by atoms with Crippen molar-refractivity contribution >= 4 is 22.9 Å². The molecule has 84 valence electrons. The third-order valence-corrected chi connectivity index (χ3v) is 3.52. The zero-order valence-electron chi connectivity index (χ0n) is 8.85. The van der Waals surface area contributed by atoms with Gasteiger partial charge in [-0.25, -0.2) is 0 Å². The van der Waals surface area contributed by atoms with E-state index in [4.69, 9.17) is 11.6 Å². The molecule has 2 heterocycles. The molecule has 0 spiro atoms. The van der Waals surface area contributed by atoms with E-state index in [9.17, 15) is 0 Å². The number of nitrogens with zero attached hydrogens (tertiary/aromatic N) is 2. The summed E-state index contributed by atoms with van der Waals surface area (Å²) in [6.45, 7) is 2.97. The van der Waals surface area contributed by atoms with E-state index in [2.05, 4.69) is 22.4 Å². The maximum absolute atomic E-state index is 5.95. The van der Waals surface area contributed by atoms with Gasteiger partial charge in [-0.1, -0.05) is 18.5 Å². The Bertz CT molecular complexity index is 444. The van der Waals surface area contributed by atoms with Gasteiger partial charge in [0.05, 0.1) is 16.6 Å². The van der Waals surface area contributed by atoms with E-state index in [1.807, 2.05) is 18.2 Å². The van der Waals surface area contributed by atoms with Crippen molar-refractivity contribution in [2.45, 2.75) is 13.0 Å². The van der Waals surface area contributed by atoms with Gasteiger partial charge in [0.25, 0.3) is 0 Å². The molecule has 0 aromatic carbocycles. The summed E-state index contributed by atoms with van der Waals surface area (Å²) in [6.07, 6.45) is 3.48. The number of hydrogen-bond acceptors (Lipinski definition) is 4. The van der Waals surface area contributed by atoms with Gasteiger partial charge in [0.15, 0.2) is 0 Å². The fourth-order valence-electron chi connectivity index (χ4n) is 1.54. The first-order chi connectivity index (χ1) is 7.81. The van der Waals surface area contributed by atoms with Crippen molar-refractivity contribution in [2.24, 2.45) is 0 Å². The van der Waals surface area contributed by atoms with Gasteiger partial charge >= 0.3 is 0 Å². The summed E-state index contributed by atoms with van der Waals surface area (Å²) in [6, 6.07) is 6.08. The minimum absolute atomic E-state index is 0.151. The summed E-state index contributed by atoms with van der Waals surface area (Å²) in [5.74, 6) is 0. The Hall–Kier alpha value is -0.970. The summed E-state index contributed by atoms with van der Waals surface area (Å²) in [7, 11) is 0. The van der Waals surface area contributed by atoms with Gasteiger partial charge in [0, 0.05) is 11.1 Å². The Morgan fingerprint density at radius 3 is 2.81 bits per heavy atom. The van der Waals surface area contributed by atoms with Gasteiger partial charge < -0.3 is 5.32 Å². The van der Waals surface area contributed by atoms with Crippen molar-refractivity contribution in [1.82, 2.24) is 15.5 Å². The van der Waals surface area contributed by atoms with Gasteiger partial charge in [0.2, 0.25) is 0 Å². The Balaban J connectivity index is 2.31. The highest BCUT2D eigenvalue weighted by atomic mass is 35.5. The number of rotatable bonds is 4. The number of aromatic nitrogens is 2. The molecule has 2 aromatic rings. The molecular weight excluding hydrogens is 242 g/mol. The third kappa shape index (κ3) is 2.58. The van der Waals surface area contributed by atoms with E-state index < -0.39 is 0 Å². The molecule has 0 radical (unpaired) electrons. The van der Waals surface area contributed by atoms with Gasteiger partial charge in [0.1, 0.15) is 0 Å². The first kappa shape index (κ1) is 11.5. The molecule has 0 aliphatic carbocycles. The number of nitrogens with one attached hydrogen (secondary N) is 1. The van der Waals surface area contributed by atoms with Crippen molar-refractivity contribution in [3.63, 3.8) is 0 Å². The van der Waals surface area contributed by atoms with Gasteiger partial charge in [-0.2, -0.15) is 10.2 Å². The summed E-state index contributed by atoms with van der Waals surface area (Å²) < 4.78 is 0.805. The van der Waals surface area contributed by atoms with Crippen molar-refractivity contribution in [1.29, 1.82) is 0 Å². The molecule has 0 aliphatic rings. The first-order valence-electron chi connectivity index (χ1n) is 5.06. The number of hydrogen-bond donors (Lipinski definition) is 1. The molecule has 0 amide bonds. The predicted molar refractivity (Wildman–Crippen MR) is 66.9 cm³/mol. The molecule has 0 bridgehead atoms. The van der Waals surface area contributed by atoms with E-state index in [1.54, 1.807) is 23.7 Å². The SMILES string of the molecule is CCNC(c1ccnnc1)c1ccc(Cl)s1. The molecule has 3 nitrogen and oxygen atoms in total. The first-order valence-corrected chi connectivity index (χ1v) is 6.26. The monoisotopic (exact) mass is 253 g/mol. The largest absolute Gasteiger partial charge is 0.306 e. The van der Waals surface area contributed by atoms with Crippen LogP contribution < -0.4 is 5.32 Å². The second-order valence-corrected chi connectivity index (χ2v) is 5.06. The Morgan fingerprint density at radius 1 is 1.38 bits per heavy atom.